The normalized spacial score (nSPS) is 14.0. The number of anilines is 2. The third-order valence-corrected chi connectivity index (χ3v) is 4.96. The lowest BCUT2D eigenvalue weighted by Gasteiger charge is -2.30. The van der Waals surface area contributed by atoms with Crippen molar-refractivity contribution in [2.75, 3.05) is 11.4 Å². The third-order valence-electron chi connectivity index (χ3n) is 4.96. The molecular weight excluding hydrogens is 336 g/mol. The maximum absolute atomic E-state index is 12.7. The van der Waals surface area contributed by atoms with Crippen LogP contribution in [0.3, 0.4) is 0 Å². The number of imidazole rings is 1. The van der Waals surface area contributed by atoms with Crippen molar-refractivity contribution in [3.63, 3.8) is 0 Å². The van der Waals surface area contributed by atoms with Gasteiger partial charge in [-0.15, -0.1) is 0 Å². The molecule has 5 nitrogen and oxygen atoms in total. The monoisotopic (exact) mass is 360 g/mol. The fourth-order valence-electron chi connectivity index (χ4n) is 3.58. The minimum atomic E-state index is 0.0568. The van der Waals surface area contributed by atoms with Crippen LogP contribution in [0.2, 0.25) is 0 Å². The first-order valence-electron chi connectivity index (χ1n) is 9.45. The molecule has 2 heterocycles. The number of aromatic nitrogens is 2. The van der Waals surface area contributed by atoms with Gasteiger partial charge in [0.25, 0.3) is 0 Å². The smallest absolute Gasteiger partial charge is 0.233 e. The van der Waals surface area contributed by atoms with Crippen molar-refractivity contribution in [3.05, 3.63) is 78.1 Å². The number of para-hydroxylation sites is 1. The number of benzene rings is 2. The summed E-state index contributed by atoms with van der Waals surface area (Å²) in [7, 11) is 0. The van der Waals surface area contributed by atoms with E-state index in [0.717, 1.165) is 43.5 Å². The van der Waals surface area contributed by atoms with E-state index in [1.807, 2.05) is 49.5 Å². The van der Waals surface area contributed by atoms with Crippen LogP contribution in [0.25, 0.3) is 0 Å². The molecule has 0 saturated carbocycles. The molecule has 138 valence electrons. The van der Waals surface area contributed by atoms with Crippen LogP contribution in [0.15, 0.2) is 66.9 Å². The van der Waals surface area contributed by atoms with Crippen molar-refractivity contribution >= 4 is 17.5 Å². The summed E-state index contributed by atoms with van der Waals surface area (Å²) in [6.45, 7) is 5.43. The summed E-state index contributed by atoms with van der Waals surface area (Å²) in [6, 6.07) is 20.3. The van der Waals surface area contributed by atoms with Crippen molar-refractivity contribution in [2.45, 2.75) is 33.0 Å². The van der Waals surface area contributed by atoms with E-state index in [0.29, 0.717) is 6.42 Å². The maximum atomic E-state index is 12.7. The molecule has 0 saturated heterocycles. The molecule has 27 heavy (non-hydrogen) atoms. The Morgan fingerprint density at radius 3 is 2.44 bits per heavy atom. The molecule has 2 aromatic carbocycles. The van der Waals surface area contributed by atoms with E-state index in [2.05, 4.69) is 38.7 Å². The van der Waals surface area contributed by atoms with E-state index in [-0.39, 0.29) is 5.91 Å². The summed E-state index contributed by atoms with van der Waals surface area (Å²) >= 11 is 0. The van der Waals surface area contributed by atoms with Crippen LogP contribution in [0.4, 0.5) is 11.6 Å². The van der Waals surface area contributed by atoms with E-state index < -0.39 is 0 Å². The highest BCUT2D eigenvalue weighted by atomic mass is 16.2. The second-order valence-electron chi connectivity index (χ2n) is 6.82. The van der Waals surface area contributed by atoms with E-state index >= 15 is 0 Å². The Bertz CT molecular complexity index is 905. The molecule has 1 amide bonds. The first-order valence-corrected chi connectivity index (χ1v) is 9.45. The molecular formula is C22H24N4O. The van der Waals surface area contributed by atoms with Crippen molar-refractivity contribution in [1.82, 2.24) is 14.5 Å². The summed E-state index contributed by atoms with van der Waals surface area (Å²) in [5.74, 6) is 0.781. The standard InChI is InChI=1S/C22H24N4O/c1-2-21(27)26(19-11-7-4-8-12-19)22-23-15-20-17-24(13-14-25(20)22)16-18-9-5-3-6-10-18/h3-12,15H,2,13-14,16-17H2,1H3. The Morgan fingerprint density at radius 1 is 1.04 bits per heavy atom. The van der Waals surface area contributed by atoms with Gasteiger partial charge in [-0.05, 0) is 17.7 Å². The zero-order chi connectivity index (χ0) is 18.6. The number of carbonyl (C=O) groups is 1. The molecule has 1 aromatic heterocycles. The van der Waals surface area contributed by atoms with Crippen LogP contribution in [-0.2, 0) is 24.4 Å². The van der Waals surface area contributed by atoms with Crippen molar-refractivity contribution in [3.8, 4) is 0 Å². The number of amides is 1. The number of fused-ring (bicyclic) bond motifs is 1. The Hall–Kier alpha value is -2.92. The van der Waals surface area contributed by atoms with Crippen molar-refractivity contribution in [1.29, 1.82) is 0 Å². The van der Waals surface area contributed by atoms with Gasteiger partial charge in [0.1, 0.15) is 0 Å². The summed E-state index contributed by atoms with van der Waals surface area (Å²) < 4.78 is 2.18. The molecule has 0 radical (unpaired) electrons. The van der Waals surface area contributed by atoms with Gasteiger partial charge in [-0.1, -0.05) is 55.5 Å². The number of hydrogen-bond donors (Lipinski definition) is 0. The summed E-state index contributed by atoms with van der Waals surface area (Å²) in [6.07, 6.45) is 2.35. The van der Waals surface area contributed by atoms with E-state index in [4.69, 9.17) is 0 Å². The lowest BCUT2D eigenvalue weighted by molar-refractivity contribution is -0.117. The average Bonchev–Trinajstić information content (AvgIpc) is 3.12. The molecule has 0 aliphatic carbocycles. The number of hydrogen-bond acceptors (Lipinski definition) is 3. The molecule has 1 aliphatic heterocycles. The van der Waals surface area contributed by atoms with E-state index in [1.54, 1.807) is 4.90 Å². The van der Waals surface area contributed by atoms with Gasteiger partial charge in [-0.25, -0.2) is 4.98 Å². The molecule has 5 heteroatoms. The van der Waals surface area contributed by atoms with Crippen LogP contribution in [0.5, 0.6) is 0 Å². The zero-order valence-corrected chi connectivity index (χ0v) is 15.6. The van der Waals surface area contributed by atoms with Gasteiger partial charge in [-0.3, -0.25) is 14.6 Å². The van der Waals surface area contributed by atoms with Crippen molar-refractivity contribution < 1.29 is 4.79 Å². The molecule has 0 atom stereocenters. The zero-order valence-electron chi connectivity index (χ0n) is 15.6. The van der Waals surface area contributed by atoms with Crippen LogP contribution < -0.4 is 4.90 Å². The number of carbonyl (C=O) groups excluding carboxylic acids is 1. The van der Waals surface area contributed by atoms with Gasteiger partial charge in [0.2, 0.25) is 11.9 Å². The highest BCUT2D eigenvalue weighted by Gasteiger charge is 2.26. The fraction of sp³-hybridized carbons (Fsp3) is 0.273. The summed E-state index contributed by atoms with van der Waals surface area (Å²) in [5.41, 5.74) is 3.33. The highest BCUT2D eigenvalue weighted by Crippen LogP contribution is 2.28. The molecule has 0 bridgehead atoms. The van der Waals surface area contributed by atoms with Crippen LogP contribution in [0.1, 0.15) is 24.6 Å². The minimum absolute atomic E-state index is 0.0568. The molecule has 3 aromatic rings. The minimum Gasteiger partial charge on any atom is -0.311 e. The molecule has 0 spiro atoms. The second kappa shape index (κ2) is 7.76. The lowest BCUT2D eigenvalue weighted by Crippen LogP contribution is -2.35. The predicted molar refractivity (Wildman–Crippen MR) is 107 cm³/mol. The third kappa shape index (κ3) is 3.64. The van der Waals surface area contributed by atoms with Gasteiger partial charge >= 0.3 is 0 Å². The average molecular weight is 360 g/mol. The quantitative estimate of drug-likeness (QED) is 0.691. The Morgan fingerprint density at radius 2 is 1.74 bits per heavy atom. The van der Waals surface area contributed by atoms with Gasteiger partial charge in [0.05, 0.1) is 17.6 Å². The Kier molecular flexibility index (Phi) is 5.03. The highest BCUT2D eigenvalue weighted by molar-refractivity contribution is 5.98. The first-order chi connectivity index (χ1) is 13.3. The molecule has 1 aliphatic rings. The van der Waals surface area contributed by atoms with Gasteiger partial charge in [-0.2, -0.15) is 0 Å². The van der Waals surface area contributed by atoms with Gasteiger partial charge < -0.3 is 4.57 Å². The molecule has 0 N–H and O–H groups in total. The SMILES string of the molecule is CCC(=O)N(c1ccccc1)c1ncc2n1CCN(Cc1ccccc1)C2. The number of nitrogens with zero attached hydrogens (tertiary/aromatic N) is 4. The first kappa shape index (κ1) is 17.5. The van der Waals surface area contributed by atoms with E-state index in [1.165, 1.54) is 5.56 Å². The fourth-order valence-corrected chi connectivity index (χ4v) is 3.58. The topological polar surface area (TPSA) is 41.4 Å². The molecule has 0 unspecified atom stereocenters. The maximum Gasteiger partial charge on any atom is 0.233 e. The lowest BCUT2D eigenvalue weighted by atomic mass is 10.2. The molecule has 4 rings (SSSR count). The summed E-state index contributed by atoms with van der Waals surface area (Å²) in [5, 5.41) is 0. The van der Waals surface area contributed by atoms with E-state index in [9.17, 15) is 4.79 Å². The largest absolute Gasteiger partial charge is 0.311 e. The van der Waals surface area contributed by atoms with Crippen LogP contribution >= 0.6 is 0 Å². The van der Waals surface area contributed by atoms with Gasteiger partial charge in [0.15, 0.2) is 0 Å². The molecule has 0 fully saturated rings. The summed E-state index contributed by atoms with van der Waals surface area (Å²) in [4.78, 5) is 21.5. The Labute approximate surface area is 159 Å². The van der Waals surface area contributed by atoms with Crippen LogP contribution in [-0.4, -0.2) is 26.9 Å². The second-order valence-corrected chi connectivity index (χ2v) is 6.82. The van der Waals surface area contributed by atoms with Crippen LogP contribution in [0, 0.1) is 0 Å². The predicted octanol–water partition coefficient (Wildman–Crippen LogP) is 3.97. The van der Waals surface area contributed by atoms with Gasteiger partial charge in [0, 0.05) is 32.6 Å². The number of rotatable bonds is 5. The van der Waals surface area contributed by atoms with Crippen molar-refractivity contribution in [2.24, 2.45) is 0 Å². The Balaban J connectivity index is 1.59.